The average molecular weight is 211 g/mol. The normalized spacial score (nSPS) is 30.9. The van der Waals surface area contributed by atoms with Gasteiger partial charge in [-0.15, -0.1) is 6.58 Å². The molecule has 1 aliphatic rings. The molecule has 0 unspecified atom stereocenters. The molecule has 3 nitrogen and oxygen atoms in total. The van der Waals surface area contributed by atoms with Gasteiger partial charge < -0.3 is 10.4 Å². The van der Waals surface area contributed by atoms with Crippen LogP contribution in [0.4, 0.5) is 0 Å². The predicted octanol–water partition coefficient (Wildman–Crippen LogP) is 1.62. The standard InChI is InChI=1S/C12H21NO2/c1-3-4-11(15)13-12(9-14)7-5-10(2)6-8-12/h3,10,14H,1,4-9H2,2H3,(H,13,15). The fourth-order valence-corrected chi connectivity index (χ4v) is 2.12. The Balaban J connectivity index is 2.53. The summed E-state index contributed by atoms with van der Waals surface area (Å²) < 4.78 is 0. The van der Waals surface area contributed by atoms with Crippen LogP contribution in [0.15, 0.2) is 12.7 Å². The minimum Gasteiger partial charge on any atom is -0.394 e. The minimum absolute atomic E-state index is 0.0337. The van der Waals surface area contributed by atoms with Crippen LogP contribution in [-0.4, -0.2) is 23.2 Å². The van der Waals surface area contributed by atoms with E-state index >= 15 is 0 Å². The average Bonchev–Trinajstić information content (AvgIpc) is 2.22. The van der Waals surface area contributed by atoms with Gasteiger partial charge in [-0.1, -0.05) is 13.0 Å². The molecule has 1 aliphatic carbocycles. The van der Waals surface area contributed by atoms with Gasteiger partial charge in [0.1, 0.15) is 0 Å². The molecule has 0 spiro atoms. The van der Waals surface area contributed by atoms with Gasteiger partial charge in [0.05, 0.1) is 12.1 Å². The highest BCUT2D eigenvalue weighted by molar-refractivity contribution is 5.78. The second-order valence-corrected chi connectivity index (χ2v) is 4.66. The lowest BCUT2D eigenvalue weighted by molar-refractivity contribution is -0.123. The lowest BCUT2D eigenvalue weighted by Crippen LogP contribution is -2.53. The Morgan fingerprint density at radius 1 is 1.60 bits per heavy atom. The fraction of sp³-hybridized carbons (Fsp3) is 0.750. The molecular formula is C12H21NO2. The first kappa shape index (κ1) is 12.2. The number of amides is 1. The highest BCUT2D eigenvalue weighted by Crippen LogP contribution is 2.31. The maximum absolute atomic E-state index is 11.5. The molecule has 0 aromatic heterocycles. The lowest BCUT2D eigenvalue weighted by Gasteiger charge is -2.38. The lowest BCUT2D eigenvalue weighted by atomic mass is 9.77. The Labute approximate surface area is 91.6 Å². The molecular weight excluding hydrogens is 190 g/mol. The van der Waals surface area contributed by atoms with Crippen LogP contribution in [0.1, 0.15) is 39.0 Å². The van der Waals surface area contributed by atoms with Crippen LogP contribution in [0.25, 0.3) is 0 Å². The van der Waals surface area contributed by atoms with Gasteiger partial charge in [0.25, 0.3) is 0 Å². The number of carbonyl (C=O) groups is 1. The maximum atomic E-state index is 11.5. The largest absolute Gasteiger partial charge is 0.394 e. The molecule has 15 heavy (non-hydrogen) atoms. The third kappa shape index (κ3) is 3.34. The fourth-order valence-electron chi connectivity index (χ4n) is 2.12. The number of aliphatic hydroxyl groups excluding tert-OH is 1. The molecule has 0 radical (unpaired) electrons. The summed E-state index contributed by atoms with van der Waals surface area (Å²) in [5.74, 6) is 0.676. The van der Waals surface area contributed by atoms with Crippen molar-refractivity contribution in [2.24, 2.45) is 5.92 Å². The third-order valence-corrected chi connectivity index (χ3v) is 3.27. The zero-order valence-corrected chi connectivity index (χ0v) is 9.46. The monoisotopic (exact) mass is 211 g/mol. The van der Waals surface area contributed by atoms with Crippen LogP contribution in [0.3, 0.4) is 0 Å². The van der Waals surface area contributed by atoms with Crippen molar-refractivity contribution in [3.63, 3.8) is 0 Å². The molecule has 2 N–H and O–H groups in total. The minimum atomic E-state index is -0.368. The Morgan fingerprint density at radius 3 is 2.67 bits per heavy atom. The van der Waals surface area contributed by atoms with Gasteiger partial charge >= 0.3 is 0 Å². The molecule has 0 aromatic rings. The van der Waals surface area contributed by atoms with Gasteiger partial charge in [-0.05, 0) is 31.6 Å². The summed E-state index contributed by atoms with van der Waals surface area (Å²) in [7, 11) is 0. The van der Waals surface area contributed by atoms with Gasteiger partial charge in [0, 0.05) is 6.42 Å². The van der Waals surface area contributed by atoms with Crippen LogP contribution in [0.5, 0.6) is 0 Å². The number of rotatable bonds is 4. The summed E-state index contributed by atoms with van der Waals surface area (Å²) in [5.41, 5.74) is -0.368. The van der Waals surface area contributed by atoms with E-state index in [1.807, 2.05) is 0 Å². The van der Waals surface area contributed by atoms with Crippen molar-refractivity contribution in [2.75, 3.05) is 6.61 Å². The van der Waals surface area contributed by atoms with E-state index < -0.39 is 0 Å². The van der Waals surface area contributed by atoms with Crippen molar-refractivity contribution >= 4 is 5.91 Å². The summed E-state index contributed by atoms with van der Waals surface area (Å²) in [5, 5.41) is 12.3. The molecule has 1 fully saturated rings. The first-order chi connectivity index (χ1) is 7.12. The van der Waals surface area contributed by atoms with Crippen molar-refractivity contribution in [3.8, 4) is 0 Å². The second-order valence-electron chi connectivity index (χ2n) is 4.66. The zero-order chi connectivity index (χ0) is 11.3. The quantitative estimate of drug-likeness (QED) is 0.694. The molecule has 86 valence electrons. The van der Waals surface area contributed by atoms with Crippen molar-refractivity contribution in [2.45, 2.75) is 44.6 Å². The summed E-state index contributed by atoms with van der Waals surface area (Å²) in [6.07, 6.45) is 5.84. The van der Waals surface area contributed by atoms with Gasteiger partial charge in [0.15, 0.2) is 0 Å². The SMILES string of the molecule is C=CCC(=O)NC1(CO)CCC(C)CC1. The Kier molecular flexibility index (Phi) is 4.33. The van der Waals surface area contributed by atoms with E-state index in [4.69, 9.17) is 0 Å². The Hall–Kier alpha value is -0.830. The molecule has 0 atom stereocenters. The van der Waals surface area contributed by atoms with Gasteiger partial charge in [-0.3, -0.25) is 4.79 Å². The summed E-state index contributed by atoms with van der Waals surface area (Å²) in [6.45, 7) is 5.79. The molecule has 0 saturated heterocycles. The number of hydrogen-bond donors (Lipinski definition) is 2. The number of carbonyl (C=O) groups excluding carboxylic acids is 1. The van der Waals surface area contributed by atoms with E-state index in [1.165, 1.54) is 0 Å². The highest BCUT2D eigenvalue weighted by Gasteiger charge is 2.34. The van der Waals surface area contributed by atoms with Gasteiger partial charge in [-0.25, -0.2) is 0 Å². The molecule has 1 saturated carbocycles. The summed E-state index contributed by atoms with van der Waals surface area (Å²) in [6, 6.07) is 0. The van der Waals surface area contributed by atoms with Crippen molar-refractivity contribution in [1.82, 2.24) is 5.32 Å². The molecule has 0 heterocycles. The smallest absolute Gasteiger partial charge is 0.224 e. The maximum Gasteiger partial charge on any atom is 0.224 e. The van der Waals surface area contributed by atoms with Gasteiger partial charge in [-0.2, -0.15) is 0 Å². The Bertz CT molecular complexity index is 230. The van der Waals surface area contributed by atoms with Crippen molar-refractivity contribution in [1.29, 1.82) is 0 Å². The second kappa shape index (κ2) is 5.31. The Morgan fingerprint density at radius 2 is 2.20 bits per heavy atom. The number of aliphatic hydroxyl groups is 1. The third-order valence-electron chi connectivity index (χ3n) is 3.27. The van der Waals surface area contributed by atoms with E-state index in [1.54, 1.807) is 6.08 Å². The van der Waals surface area contributed by atoms with Crippen LogP contribution < -0.4 is 5.32 Å². The first-order valence-corrected chi connectivity index (χ1v) is 5.64. The number of hydrogen-bond acceptors (Lipinski definition) is 2. The first-order valence-electron chi connectivity index (χ1n) is 5.64. The van der Waals surface area contributed by atoms with E-state index in [0.717, 1.165) is 25.7 Å². The van der Waals surface area contributed by atoms with Crippen LogP contribution in [0, 0.1) is 5.92 Å². The highest BCUT2D eigenvalue weighted by atomic mass is 16.3. The molecule has 1 amide bonds. The number of nitrogens with one attached hydrogen (secondary N) is 1. The van der Waals surface area contributed by atoms with Crippen molar-refractivity contribution < 1.29 is 9.90 Å². The molecule has 0 bridgehead atoms. The zero-order valence-electron chi connectivity index (χ0n) is 9.46. The van der Waals surface area contributed by atoms with Crippen LogP contribution in [0.2, 0.25) is 0 Å². The van der Waals surface area contributed by atoms with E-state index in [2.05, 4.69) is 18.8 Å². The summed E-state index contributed by atoms with van der Waals surface area (Å²) in [4.78, 5) is 11.5. The van der Waals surface area contributed by atoms with Crippen LogP contribution >= 0.6 is 0 Å². The summed E-state index contributed by atoms with van der Waals surface area (Å²) >= 11 is 0. The van der Waals surface area contributed by atoms with Crippen LogP contribution in [-0.2, 0) is 4.79 Å². The molecule has 1 rings (SSSR count). The molecule has 3 heteroatoms. The van der Waals surface area contributed by atoms with E-state index in [9.17, 15) is 9.90 Å². The van der Waals surface area contributed by atoms with E-state index in [-0.39, 0.29) is 18.1 Å². The van der Waals surface area contributed by atoms with E-state index in [0.29, 0.717) is 12.3 Å². The van der Waals surface area contributed by atoms with Gasteiger partial charge in [0.2, 0.25) is 5.91 Å². The molecule has 0 aromatic carbocycles. The van der Waals surface area contributed by atoms with Crippen molar-refractivity contribution in [3.05, 3.63) is 12.7 Å². The molecule has 0 aliphatic heterocycles. The topological polar surface area (TPSA) is 49.3 Å². The predicted molar refractivity (Wildman–Crippen MR) is 60.4 cm³/mol.